The summed E-state index contributed by atoms with van der Waals surface area (Å²) in [5, 5.41) is 15.4. The topological polar surface area (TPSA) is 85.8 Å². The third kappa shape index (κ3) is 4.86. The Bertz CT molecular complexity index is 871. The van der Waals surface area contributed by atoms with Gasteiger partial charge in [0, 0.05) is 29.1 Å². The minimum atomic E-state index is -0.158. The van der Waals surface area contributed by atoms with Gasteiger partial charge >= 0.3 is 6.01 Å². The molecule has 3 aromatic rings. The highest BCUT2D eigenvalue weighted by atomic mass is 35.5. The number of nitrogens with one attached hydrogen (secondary N) is 1. The fraction of sp³-hybridized carbons (Fsp3) is 0.294. The molecule has 3 rings (SSSR count). The summed E-state index contributed by atoms with van der Waals surface area (Å²) in [7, 11) is 1.83. The summed E-state index contributed by atoms with van der Waals surface area (Å²) >= 11 is 7.54. The molecule has 0 aliphatic rings. The van der Waals surface area contributed by atoms with Gasteiger partial charge in [0.15, 0.2) is 0 Å². The van der Waals surface area contributed by atoms with E-state index in [4.69, 9.17) is 16.0 Å². The number of carbonyl (C=O) groups excluding carboxylic acids is 1. The first kappa shape index (κ1) is 18.5. The van der Waals surface area contributed by atoms with Crippen LogP contribution >= 0.6 is 23.4 Å². The highest BCUT2D eigenvalue weighted by Gasteiger charge is 2.14. The number of benzene rings is 1. The Hall–Kier alpha value is -2.32. The molecule has 0 atom stereocenters. The minimum absolute atomic E-state index is 0.0821. The average Bonchev–Trinajstić information content (AvgIpc) is 3.20. The van der Waals surface area contributed by atoms with Gasteiger partial charge in [-0.25, -0.2) is 0 Å². The highest BCUT2D eigenvalue weighted by molar-refractivity contribution is 7.99. The zero-order chi connectivity index (χ0) is 18.5. The van der Waals surface area contributed by atoms with Crippen molar-refractivity contribution in [3.8, 4) is 11.6 Å². The summed E-state index contributed by atoms with van der Waals surface area (Å²) in [5.74, 6) is 0.952. The SMILES string of the molecule is Cc1cc(-c2nnc(NC(=O)CCCSc3ccc(Cl)cc3)o2)nn1C. The van der Waals surface area contributed by atoms with Crippen LogP contribution in [0.25, 0.3) is 11.6 Å². The van der Waals surface area contributed by atoms with Gasteiger partial charge in [-0.1, -0.05) is 16.7 Å². The van der Waals surface area contributed by atoms with Crippen molar-refractivity contribution >= 4 is 35.3 Å². The zero-order valence-electron chi connectivity index (χ0n) is 14.4. The molecule has 2 aromatic heterocycles. The number of anilines is 1. The van der Waals surface area contributed by atoms with E-state index in [1.54, 1.807) is 16.4 Å². The Morgan fingerprint density at radius 2 is 2.08 bits per heavy atom. The monoisotopic (exact) mass is 391 g/mol. The van der Waals surface area contributed by atoms with E-state index in [-0.39, 0.29) is 17.8 Å². The van der Waals surface area contributed by atoms with Crippen LogP contribution in [0.1, 0.15) is 18.5 Å². The Morgan fingerprint density at radius 1 is 1.31 bits per heavy atom. The third-order valence-electron chi connectivity index (χ3n) is 3.63. The maximum Gasteiger partial charge on any atom is 0.322 e. The van der Waals surface area contributed by atoms with Crippen LogP contribution in [-0.4, -0.2) is 31.6 Å². The van der Waals surface area contributed by atoms with Gasteiger partial charge in [-0.05, 0) is 49.4 Å². The predicted octanol–water partition coefficient (Wildman–Crippen LogP) is 3.94. The molecule has 1 aromatic carbocycles. The lowest BCUT2D eigenvalue weighted by atomic mass is 10.3. The number of hydrogen-bond acceptors (Lipinski definition) is 6. The van der Waals surface area contributed by atoms with E-state index in [9.17, 15) is 4.79 Å². The second kappa shape index (κ2) is 8.37. The summed E-state index contributed by atoms with van der Waals surface area (Å²) in [6.07, 6.45) is 1.11. The van der Waals surface area contributed by atoms with E-state index in [1.165, 1.54) is 0 Å². The summed E-state index contributed by atoms with van der Waals surface area (Å²) < 4.78 is 7.17. The van der Waals surface area contributed by atoms with Gasteiger partial charge in [-0.3, -0.25) is 14.8 Å². The minimum Gasteiger partial charge on any atom is -0.401 e. The van der Waals surface area contributed by atoms with E-state index in [0.717, 1.165) is 22.8 Å². The van der Waals surface area contributed by atoms with Crippen LogP contribution in [0.2, 0.25) is 5.02 Å². The number of amides is 1. The fourth-order valence-corrected chi connectivity index (χ4v) is 3.16. The van der Waals surface area contributed by atoms with Crippen molar-refractivity contribution in [3.05, 3.63) is 41.0 Å². The number of aryl methyl sites for hydroxylation is 2. The molecule has 0 saturated heterocycles. The van der Waals surface area contributed by atoms with Crippen LogP contribution in [0.3, 0.4) is 0 Å². The van der Waals surface area contributed by atoms with Crippen molar-refractivity contribution in [3.63, 3.8) is 0 Å². The van der Waals surface area contributed by atoms with E-state index in [0.29, 0.717) is 17.1 Å². The number of hydrogen-bond donors (Lipinski definition) is 1. The first-order valence-electron chi connectivity index (χ1n) is 8.04. The first-order chi connectivity index (χ1) is 12.5. The summed E-state index contributed by atoms with van der Waals surface area (Å²) in [6.45, 7) is 1.93. The molecular weight excluding hydrogens is 374 g/mol. The van der Waals surface area contributed by atoms with Crippen LogP contribution in [0.5, 0.6) is 0 Å². The molecule has 136 valence electrons. The lowest BCUT2D eigenvalue weighted by Crippen LogP contribution is -2.11. The Kier molecular flexibility index (Phi) is 5.95. The van der Waals surface area contributed by atoms with Crippen molar-refractivity contribution in [2.24, 2.45) is 7.05 Å². The lowest BCUT2D eigenvalue weighted by molar-refractivity contribution is -0.116. The molecule has 0 aliphatic carbocycles. The second-order valence-electron chi connectivity index (χ2n) is 5.66. The van der Waals surface area contributed by atoms with Crippen LogP contribution < -0.4 is 5.32 Å². The molecule has 1 N–H and O–H groups in total. The molecule has 0 unspecified atom stereocenters. The van der Waals surface area contributed by atoms with Gasteiger partial charge in [0.25, 0.3) is 5.89 Å². The van der Waals surface area contributed by atoms with Gasteiger partial charge in [0.1, 0.15) is 5.69 Å². The van der Waals surface area contributed by atoms with Crippen molar-refractivity contribution in [1.82, 2.24) is 20.0 Å². The van der Waals surface area contributed by atoms with Gasteiger partial charge in [-0.2, -0.15) is 5.10 Å². The van der Waals surface area contributed by atoms with Gasteiger partial charge in [0.2, 0.25) is 5.91 Å². The molecule has 0 saturated carbocycles. The Labute approximate surface area is 160 Å². The molecule has 0 fully saturated rings. The summed E-state index contributed by atoms with van der Waals surface area (Å²) in [6, 6.07) is 9.56. The molecule has 2 heterocycles. The third-order valence-corrected chi connectivity index (χ3v) is 4.99. The van der Waals surface area contributed by atoms with Crippen LogP contribution in [0.15, 0.2) is 39.6 Å². The standard InChI is InChI=1S/C17H18ClN5O2S/c1-11-10-14(22-23(11)2)16-20-21-17(25-16)19-15(24)4-3-9-26-13-7-5-12(18)6-8-13/h5-8,10H,3-4,9H2,1-2H3,(H,19,21,24). The number of thioether (sulfide) groups is 1. The van der Waals surface area contributed by atoms with Crippen molar-refractivity contribution in [1.29, 1.82) is 0 Å². The molecular formula is C17H18ClN5O2S. The largest absolute Gasteiger partial charge is 0.401 e. The summed E-state index contributed by atoms with van der Waals surface area (Å²) in [4.78, 5) is 13.1. The van der Waals surface area contributed by atoms with Crippen LogP contribution in [0, 0.1) is 6.92 Å². The zero-order valence-corrected chi connectivity index (χ0v) is 16.0. The molecule has 0 radical (unpaired) electrons. The fourth-order valence-electron chi connectivity index (χ4n) is 2.18. The maximum absolute atomic E-state index is 12.0. The Balaban J connectivity index is 1.44. The van der Waals surface area contributed by atoms with E-state index >= 15 is 0 Å². The van der Waals surface area contributed by atoms with Crippen LogP contribution in [0.4, 0.5) is 6.01 Å². The van der Waals surface area contributed by atoms with E-state index < -0.39 is 0 Å². The number of rotatable bonds is 7. The smallest absolute Gasteiger partial charge is 0.322 e. The average molecular weight is 392 g/mol. The van der Waals surface area contributed by atoms with Gasteiger partial charge < -0.3 is 4.42 Å². The molecule has 26 heavy (non-hydrogen) atoms. The number of nitrogens with zero attached hydrogens (tertiary/aromatic N) is 4. The lowest BCUT2D eigenvalue weighted by Gasteiger charge is -2.02. The Morgan fingerprint density at radius 3 is 2.77 bits per heavy atom. The number of halogens is 1. The normalized spacial score (nSPS) is 10.9. The van der Waals surface area contributed by atoms with Gasteiger partial charge in [0.05, 0.1) is 0 Å². The number of aromatic nitrogens is 4. The molecule has 0 bridgehead atoms. The number of carbonyl (C=O) groups is 1. The van der Waals surface area contributed by atoms with E-state index in [2.05, 4.69) is 20.6 Å². The second-order valence-corrected chi connectivity index (χ2v) is 7.27. The van der Waals surface area contributed by atoms with Crippen molar-refractivity contribution in [2.45, 2.75) is 24.7 Å². The molecule has 0 spiro atoms. The molecule has 9 heteroatoms. The molecule has 0 aliphatic heterocycles. The van der Waals surface area contributed by atoms with Crippen LogP contribution in [-0.2, 0) is 11.8 Å². The summed E-state index contributed by atoms with van der Waals surface area (Å²) in [5.41, 5.74) is 1.55. The molecule has 7 nitrogen and oxygen atoms in total. The quantitative estimate of drug-likeness (QED) is 0.485. The molecule has 1 amide bonds. The van der Waals surface area contributed by atoms with Crippen molar-refractivity contribution in [2.75, 3.05) is 11.1 Å². The van der Waals surface area contributed by atoms with Crippen molar-refractivity contribution < 1.29 is 9.21 Å². The maximum atomic E-state index is 12.0. The van der Waals surface area contributed by atoms with E-state index in [1.807, 2.05) is 44.3 Å². The van der Waals surface area contributed by atoms with Gasteiger partial charge in [-0.15, -0.1) is 16.9 Å². The first-order valence-corrected chi connectivity index (χ1v) is 9.40. The highest BCUT2D eigenvalue weighted by Crippen LogP contribution is 2.22. The predicted molar refractivity (Wildman–Crippen MR) is 101 cm³/mol.